The number of hydrogen-bond donors (Lipinski definition) is 1. The molecule has 0 bridgehead atoms. The molecule has 6 heteroatoms. The summed E-state index contributed by atoms with van der Waals surface area (Å²) in [5.74, 6) is 6.85. The number of aromatic nitrogens is 2. The predicted octanol–water partition coefficient (Wildman–Crippen LogP) is 3.54. The number of thiophene rings is 1. The average molecular weight is 360 g/mol. The summed E-state index contributed by atoms with van der Waals surface area (Å²) < 4.78 is 6.28. The Labute approximate surface area is 134 Å². The fourth-order valence-electron chi connectivity index (χ4n) is 1.74. The summed E-state index contributed by atoms with van der Waals surface area (Å²) in [6.45, 7) is 0.351. The average Bonchev–Trinajstić information content (AvgIpc) is 3.14. The van der Waals surface area contributed by atoms with Gasteiger partial charge in [-0.05, 0) is 40.2 Å². The number of rotatable bonds is 2. The number of nitrogens with two attached hydrogens (primary N) is 1. The van der Waals surface area contributed by atoms with E-state index in [1.165, 1.54) is 0 Å². The molecule has 0 unspecified atom stereocenters. The first-order valence-corrected chi connectivity index (χ1v) is 7.86. The van der Waals surface area contributed by atoms with Crippen LogP contribution in [0.1, 0.15) is 5.56 Å². The Balaban J connectivity index is 1.88. The van der Waals surface area contributed by atoms with Gasteiger partial charge in [0.05, 0.1) is 6.54 Å². The summed E-state index contributed by atoms with van der Waals surface area (Å²) in [6, 6.07) is 7.62. The molecule has 0 spiro atoms. The van der Waals surface area contributed by atoms with Gasteiger partial charge in [0.25, 0.3) is 5.89 Å². The zero-order valence-electron chi connectivity index (χ0n) is 10.8. The van der Waals surface area contributed by atoms with Gasteiger partial charge in [-0.2, -0.15) is 16.3 Å². The van der Waals surface area contributed by atoms with Gasteiger partial charge < -0.3 is 10.3 Å². The highest BCUT2D eigenvalue weighted by Gasteiger charge is 2.13. The van der Waals surface area contributed by atoms with E-state index in [4.69, 9.17) is 10.3 Å². The molecule has 2 aromatic heterocycles. The normalized spacial score (nSPS) is 10.2. The molecular weight excluding hydrogens is 350 g/mol. The smallest absolute Gasteiger partial charge is 0.258 e. The van der Waals surface area contributed by atoms with Crippen LogP contribution in [0.3, 0.4) is 0 Å². The largest absolute Gasteiger partial charge is 0.334 e. The van der Waals surface area contributed by atoms with Crippen molar-refractivity contribution in [2.24, 2.45) is 5.73 Å². The lowest BCUT2D eigenvalue weighted by Crippen LogP contribution is -1.92. The lowest BCUT2D eigenvalue weighted by Gasteiger charge is -1.94. The van der Waals surface area contributed by atoms with E-state index in [1.807, 2.05) is 35.0 Å². The van der Waals surface area contributed by atoms with Crippen LogP contribution >= 0.6 is 27.3 Å². The van der Waals surface area contributed by atoms with Crippen LogP contribution in [-0.2, 0) is 0 Å². The third-order valence-corrected chi connectivity index (χ3v) is 4.45. The van der Waals surface area contributed by atoms with E-state index in [0.29, 0.717) is 18.3 Å². The Morgan fingerprint density at radius 1 is 1.24 bits per heavy atom. The molecule has 2 N–H and O–H groups in total. The van der Waals surface area contributed by atoms with Crippen LogP contribution in [0.5, 0.6) is 0 Å². The molecule has 0 atom stereocenters. The van der Waals surface area contributed by atoms with E-state index in [1.54, 1.807) is 11.3 Å². The van der Waals surface area contributed by atoms with Gasteiger partial charge in [0.15, 0.2) is 0 Å². The zero-order valence-corrected chi connectivity index (χ0v) is 13.2. The molecule has 104 valence electrons. The summed E-state index contributed by atoms with van der Waals surface area (Å²) in [6.07, 6.45) is 0. The van der Waals surface area contributed by atoms with Gasteiger partial charge in [-0.15, -0.1) is 0 Å². The first kappa shape index (κ1) is 14.0. The van der Waals surface area contributed by atoms with Gasteiger partial charge in [-0.25, -0.2) is 0 Å². The van der Waals surface area contributed by atoms with Crippen LogP contribution in [0.4, 0.5) is 0 Å². The Morgan fingerprint density at radius 3 is 2.71 bits per heavy atom. The molecule has 0 aliphatic heterocycles. The minimum Gasteiger partial charge on any atom is -0.334 e. The number of benzene rings is 1. The lowest BCUT2D eigenvalue weighted by atomic mass is 10.1. The maximum atomic E-state index is 5.35. The number of nitrogens with zero attached hydrogens (tertiary/aromatic N) is 2. The zero-order chi connectivity index (χ0) is 14.7. The fraction of sp³-hybridized carbons (Fsp3) is 0.0667. The van der Waals surface area contributed by atoms with Crippen molar-refractivity contribution in [3.8, 4) is 34.7 Å². The Kier molecular flexibility index (Phi) is 4.15. The van der Waals surface area contributed by atoms with Gasteiger partial charge in [0.2, 0.25) is 5.82 Å². The van der Waals surface area contributed by atoms with Crippen molar-refractivity contribution in [2.45, 2.75) is 0 Å². The van der Waals surface area contributed by atoms with E-state index in [-0.39, 0.29) is 0 Å². The third kappa shape index (κ3) is 3.05. The molecule has 2 heterocycles. The molecule has 3 aromatic rings. The molecule has 21 heavy (non-hydrogen) atoms. The second-order valence-electron chi connectivity index (χ2n) is 4.14. The molecule has 4 nitrogen and oxygen atoms in total. The highest BCUT2D eigenvalue weighted by molar-refractivity contribution is 9.10. The molecule has 0 saturated heterocycles. The topological polar surface area (TPSA) is 64.9 Å². The van der Waals surface area contributed by atoms with Crippen LogP contribution in [0.2, 0.25) is 0 Å². The van der Waals surface area contributed by atoms with Crippen molar-refractivity contribution in [3.63, 3.8) is 0 Å². The minimum absolute atomic E-state index is 0.351. The summed E-state index contributed by atoms with van der Waals surface area (Å²) in [5, 5.41) is 7.97. The van der Waals surface area contributed by atoms with Crippen molar-refractivity contribution in [1.29, 1.82) is 0 Å². The second kappa shape index (κ2) is 6.22. The van der Waals surface area contributed by atoms with Crippen molar-refractivity contribution in [1.82, 2.24) is 10.1 Å². The van der Waals surface area contributed by atoms with Crippen LogP contribution in [0, 0.1) is 11.8 Å². The van der Waals surface area contributed by atoms with E-state index in [2.05, 4.69) is 37.9 Å². The Hall–Kier alpha value is -1.94. The van der Waals surface area contributed by atoms with Gasteiger partial charge in [-0.3, -0.25) is 0 Å². The molecule has 1 aromatic carbocycles. The van der Waals surface area contributed by atoms with Gasteiger partial charge in [0, 0.05) is 31.9 Å². The molecule has 0 fully saturated rings. The Morgan fingerprint density at radius 2 is 2.05 bits per heavy atom. The molecule has 0 amide bonds. The van der Waals surface area contributed by atoms with E-state index >= 15 is 0 Å². The summed E-state index contributed by atoms with van der Waals surface area (Å²) in [4.78, 5) is 4.42. The van der Waals surface area contributed by atoms with Crippen LogP contribution in [-0.4, -0.2) is 16.7 Å². The van der Waals surface area contributed by atoms with E-state index in [9.17, 15) is 0 Å². The SMILES string of the molecule is NCC#Cc1ccc(-c2nc(-c3cscc3Br)no2)cc1. The minimum atomic E-state index is 0.351. The summed E-state index contributed by atoms with van der Waals surface area (Å²) in [5.41, 5.74) is 8.05. The van der Waals surface area contributed by atoms with Crippen LogP contribution in [0.25, 0.3) is 22.8 Å². The third-order valence-electron chi connectivity index (χ3n) is 2.75. The van der Waals surface area contributed by atoms with Crippen molar-refractivity contribution >= 4 is 27.3 Å². The van der Waals surface area contributed by atoms with E-state index < -0.39 is 0 Å². The fourth-order valence-corrected chi connectivity index (χ4v) is 3.19. The first-order valence-electron chi connectivity index (χ1n) is 6.13. The highest BCUT2D eigenvalue weighted by Crippen LogP contribution is 2.31. The molecule has 0 aliphatic carbocycles. The van der Waals surface area contributed by atoms with Gasteiger partial charge in [0.1, 0.15) is 0 Å². The first-order chi connectivity index (χ1) is 10.3. The molecule has 0 aliphatic rings. The summed E-state index contributed by atoms with van der Waals surface area (Å²) >= 11 is 5.05. The second-order valence-corrected chi connectivity index (χ2v) is 5.74. The van der Waals surface area contributed by atoms with Crippen LogP contribution in [0.15, 0.2) is 44.0 Å². The quantitative estimate of drug-likeness (QED) is 0.710. The van der Waals surface area contributed by atoms with Gasteiger partial charge >= 0.3 is 0 Å². The Bertz CT molecular complexity index is 811. The van der Waals surface area contributed by atoms with Crippen molar-refractivity contribution < 1.29 is 4.52 Å². The standard InChI is InChI=1S/C15H10BrN3OS/c16-13-9-21-8-12(13)14-18-15(20-19-14)11-5-3-10(4-6-11)2-1-7-17/h3-6,8-9H,7,17H2. The number of hydrogen-bond acceptors (Lipinski definition) is 5. The molecular formula is C15H10BrN3OS. The molecule has 3 rings (SSSR count). The van der Waals surface area contributed by atoms with E-state index in [0.717, 1.165) is 21.2 Å². The maximum absolute atomic E-state index is 5.35. The molecule has 0 saturated carbocycles. The van der Waals surface area contributed by atoms with Gasteiger partial charge in [-0.1, -0.05) is 17.0 Å². The highest BCUT2D eigenvalue weighted by atomic mass is 79.9. The van der Waals surface area contributed by atoms with Crippen molar-refractivity contribution in [2.75, 3.05) is 6.54 Å². The predicted molar refractivity (Wildman–Crippen MR) is 86.7 cm³/mol. The lowest BCUT2D eigenvalue weighted by molar-refractivity contribution is 0.432. The summed E-state index contributed by atoms with van der Waals surface area (Å²) in [7, 11) is 0. The van der Waals surface area contributed by atoms with Crippen LogP contribution < -0.4 is 5.73 Å². The number of halogens is 1. The van der Waals surface area contributed by atoms with Crippen molar-refractivity contribution in [3.05, 3.63) is 45.1 Å². The maximum Gasteiger partial charge on any atom is 0.258 e. The molecule has 0 radical (unpaired) electrons. The monoisotopic (exact) mass is 359 g/mol.